The number of aromatic nitrogens is 2. The lowest BCUT2D eigenvalue weighted by molar-refractivity contribution is -0.386. The minimum Gasteiger partial charge on any atom is -0.484 e. The van der Waals surface area contributed by atoms with Gasteiger partial charge in [0.15, 0.2) is 0 Å². The van der Waals surface area contributed by atoms with E-state index < -0.39 is 16.9 Å². The van der Waals surface area contributed by atoms with Gasteiger partial charge in [0.2, 0.25) is 0 Å². The van der Waals surface area contributed by atoms with Gasteiger partial charge in [-0.3, -0.25) is 19.3 Å². The summed E-state index contributed by atoms with van der Waals surface area (Å²) in [6.45, 7) is 4.32. The minimum atomic E-state index is -0.709. The zero-order valence-electron chi connectivity index (χ0n) is 18.9. The number of pyridine rings is 1. The number of nitrogens with two attached hydrogens (primary N) is 1. The third-order valence-electron chi connectivity index (χ3n) is 5.92. The van der Waals surface area contributed by atoms with E-state index >= 15 is 0 Å². The molecule has 0 aliphatic carbocycles. The van der Waals surface area contributed by atoms with Gasteiger partial charge in [-0.2, -0.15) is 0 Å². The number of imidazole rings is 1. The number of benzene rings is 1. The number of nitro groups is 1. The SMILES string of the molecule is CC(Oc1cc(-c2cnc3ccccn23)sc1C(N)=O)c1cc(N2CCOCC2)ccc1[N+](=O)[O-]. The third-order valence-corrected chi connectivity index (χ3v) is 7.07. The number of amides is 1. The van der Waals surface area contributed by atoms with Crippen LogP contribution in [0.25, 0.3) is 16.2 Å². The number of fused-ring (bicyclic) bond motifs is 1. The van der Waals surface area contributed by atoms with E-state index in [-0.39, 0.29) is 16.3 Å². The lowest BCUT2D eigenvalue weighted by Crippen LogP contribution is -2.36. The monoisotopic (exact) mass is 493 g/mol. The Bertz CT molecular complexity index is 1410. The van der Waals surface area contributed by atoms with Crippen LogP contribution in [0.1, 0.15) is 28.3 Å². The van der Waals surface area contributed by atoms with Crippen molar-refractivity contribution in [3.05, 3.63) is 75.4 Å². The summed E-state index contributed by atoms with van der Waals surface area (Å²) in [5.74, 6) is -0.351. The number of morpholine rings is 1. The highest BCUT2D eigenvalue weighted by Gasteiger charge is 2.26. The number of primary amides is 1. The molecule has 5 rings (SSSR count). The first-order valence-electron chi connectivity index (χ1n) is 11.1. The van der Waals surface area contributed by atoms with Gasteiger partial charge in [-0.05, 0) is 31.2 Å². The summed E-state index contributed by atoms with van der Waals surface area (Å²) in [4.78, 5) is 31.1. The van der Waals surface area contributed by atoms with Gasteiger partial charge in [-0.15, -0.1) is 11.3 Å². The predicted molar refractivity (Wildman–Crippen MR) is 132 cm³/mol. The van der Waals surface area contributed by atoms with Crippen LogP contribution < -0.4 is 15.4 Å². The molecule has 1 fully saturated rings. The van der Waals surface area contributed by atoms with Crippen LogP contribution in [0.4, 0.5) is 11.4 Å². The van der Waals surface area contributed by atoms with Crippen molar-refractivity contribution in [3.8, 4) is 16.3 Å². The Morgan fingerprint density at radius 3 is 2.80 bits per heavy atom. The van der Waals surface area contributed by atoms with Crippen molar-refractivity contribution in [2.75, 3.05) is 31.2 Å². The zero-order valence-corrected chi connectivity index (χ0v) is 19.7. The van der Waals surface area contributed by atoms with Crippen LogP contribution in [0.5, 0.6) is 5.75 Å². The smallest absolute Gasteiger partial charge is 0.276 e. The highest BCUT2D eigenvalue weighted by atomic mass is 32.1. The molecule has 4 heterocycles. The van der Waals surface area contributed by atoms with Gasteiger partial charge in [-0.25, -0.2) is 4.98 Å². The van der Waals surface area contributed by atoms with Crippen LogP contribution in [0.2, 0.25) is 0 Å². The quantitative estimate of drug-likeness (QED) is 0.304. The number of thiophene rings is 1. The summed E-state index contributed by atoms with van der Waals surface area (Å²) >= 11 is 1.20. The molecule has 1 aliphatic heterocycles. The van der Waals surface area contributed by atoms with E-state index in [1.807, 2.05) is 28.8 Å². The topological polar surface area (TPSA) is 125 Å². The Hall–Kier alpha value is -3.96. The fourth-order valence-corrected chi connectivity index (χ4v) is 5.13. The van der Waals surface area contributed by atoms with Crippen LogP contribution in [-0.4, -0.2) is 46.5 Å². The molecule has 1 saturated heterocycles. The van der Waals surface area contributed by atoms with E-state index in [9.17, 15) is 14.9 Å². The highest BCUT2D eigenvalue weighted by Crippen LogP contribution is 2.40. The van der Waals surface area contributed by atoms with Crippen LogP contribution in [0.3, 0.4) is 0 Å². The summed E-state index contributed by atoms with van der Waals surface area (Å²) < 4.78 is 13.5. The third kappa shape index (κ3) is 4.43. The maximum Gasteiger partial charge on any atom is 0.276 e. The Labute approximate surface area is 204 Å². The molecule has 1 unspecified atom stereocenters. The fraction of sp³-hybridized carbons (Fsp3) is 0.250. The molecule has 0 spiro atoms. The molecule has 0 saturated carbocycles. The summed E-state index contributed by atoms with van der Waals surface area (Å²) in [6.07, 6.45) is 2.89. The average molecular weight is 494 g/mol. The number of carbonyl (C=O) groups excluding carboxylic acids is 1. The Morgan fingerprint density at radius 1 is 1.26 bits per heavy atom. The number of nitrogens with zero attached hydrogens (tertiary/aromatic N) is 4. The van der Waals surface area contributed by atoms with Crippen molar-refractivity contribution < 1.29 is 19.2 Å². The van der Waals surface area contributed by atoms with Crippen LogP contribution in [-0.2, 0) is 4.74 Å². The van der Waals surface area contributed by atoms with Gasteiger partial charge < -0.3 is 20.1 Å². The van der Waals surface area contributed by atoms with Crippen LogP contribution in [0, 0.1) is 10.1 Å². The van der Waals surface area contributed by atoms with Gasteiger partial charge in [-0.1, -0.05) is 6.07 Å². The molecule has 1 aromatic carbocycles. The molecule has 4 aromatic rings. The number of nitro benzene ring substituents is 1. The lowest BCUT2D eigenvalue weighted by atomic mass is 10.1. The Balaban J connectivity index is 1.50. The Kier molecular flexibility index (Phi) is 6.10. The van der Waals surface area contributed by atoms with Gasteiger partial charge in [0.05, 0.1) is 40.5 Å². The van der Waals surface area contributed by atoms with Gasteiger partial charge in [0.1, 0.15) is 22.4 Å². The first-order valence-corrected chi connectivity index (χ1v) is 11.9. The molecule has 35 heavy (non-hydrogen) atoms. The number of hydrogen-bond donors (Lipinski definition) is 1. The molecule has 3 aromatic heterocycles. The second kappa shape index (κ2) is 9.35. The van der Waals surface area contributed by atoms with Crippen molar-refractivity contribution in [3.63, 3.8) is 0 Å². The molecule has 11 heteroatoms. The molecule has 1 amide bonds. The van der Waals surface area contributed by atoms with Crippen molar-refractivity contribution in [2.45, 2.75) is 13.0 Å². The highest BCUT2D eigenvalue weighted by molar-refractivity contribution is 7.17. The van der Waals surface area contributed by atoms with Gasteiger partial charge in [0.25, 0.3) is 11.6 Å². The van der Waals surface area contributed by atoms with E-state index in [0.717, 1.165) is 21.9 Å². The number of hydrogen-bond acceptors (Lipinski definition) is 8. The first-order chi connectivity index (χ1) is 16.9. The zero-order chi connectivity index (χ0) is 24.5. The predicted octanol–water partition coefficient (Wildman–Crippen LogP) is 4.05. The number of anilines is 1. The number of rotatable bonds is 7. The van der Waals surface area contributed by atoms with Crippen molar-refractivity contribution >= 4 is 34.3 Å². The van der Waals surface area contributed by atoms with Crippen LogP contribution in [0.15, 0.2) is 54.9 Å². The van der Waals surface area contributed by atoms with Crippen LogP contribution >= 0.6 is 11.3 Å². The van der Waals surface area contributed by atoms with Gasteiger partial charge >= 0.3 is 0 Å². The summed E-state index contributed by atoms with van der Waals surface area (Å²) in [5.41, 5.74) is 8.43. The largest absolute Gasteiger partial charge is 0.484 e. The standard InChI is InChI=1S/C24H23N5O5S/c1-15(17-12-16(5-6-18(17)29(31)32)27-8-10-33-11-9-27)34-20-13-21(35-23(20)24(25)30)19-14-26-22-4-2-3-7-28(19)22/h2-7,12-15H,8-11H2,1H3,(H2,25,30). The maximum atomic E-state index is 12.2. The molecular formula is C24H23N5O5S. The lowest BCUT2D eigenvalue weighted by Gasteiger charge is -2.29. The number of carbonyl (C=O) groups is 1. The van der Waals surface area contributed by atoms with E-state index in [1.54, 1.807) is 31.3 Å². The summed E-state index contributed by atoms with van der Waals surface area (Å²) in [6, 6.07) is 12.4. The summed E-state index contributed by atoms with van der Waals surface area (Å²) in [7, 11) is 0. The molecule has 1 aliphatic rings. The number of ether oxygens (including phenoxy) is 2. The van der Waals surface area contributed by atoms with E-state index in [4.69, 9.17) is 15.2 Å². The van der Waals surface area contributed by atoms with Gasteiger partial charge in [0, 0.05) is 37.1 Å². The second-order valence-electron chi connectivity index (χ2n) is 8.10. The molecule has 10 nitrogen and oxygen atoms in total. The molecule has 180 valence electrons. The van der Waals surface area contributed by atoms with E-state index in [0.29, 0.717) is 31.9 Å². The van der Waals surface area contributed by atoms with E-state index in [2.05, 4.69) is 9.88 Å². The molecule has 1 atom stereocenters. The molecular weight excluding hydrogens is 470 g/mol. The second-order valence-corrected chi connectivity index (χ2v) is 9.15. The van der Waals surface area contributed by atoms with E-state index in [1.165, 1.54) is 17.4 Å². The first kappa shape index (κ1) is 22.8. The van der Waals surface area contributed by atoms with Crippen molar-refractivity contribution in [1.82, 2.24) is 9.38 Å². The maximum absolute atomic E-state index is 12.2. The molecule has 2 N–H and O–H groups in total. The average Bonchev–Trinajstić information content (AvgIpc) is 3.48. The molecule has 0 radical (unpaired) electrons. The minimum absolute atomic E-state index is 0.0487. The van der Waals surface area contributed by atoms with Crippen molar-refractivity contribution in [2.24, 2.45) is 5.73 Å². The normalized spacial score (nSPS) is 14.7. The Morgan fingerprint density at radius 2 is 2.06 bits per heavy atom. The van der Waals surface area contributed by atoms with Crippen molar-refractivity contribution in [1.29, 1.82) is 0 Å². The molecule has 0 bridgehead atoms. The fourth-order valence-electron chi connectivity index (χ4n) is 4.18. The summed E-state index contributed by atoms with van der Waals surface area (Å²) in [5, 5.41) is 11.8.